The highest BCUT2D eigenvalue weighted by Gasteiger charge is 2.42. The van der Waals surface area contributed by atoms with Crippen LogP contribution in [-0.2, 0) is 17.7 Å². The molecule has 0 radical (unpaired) electrons. The number of rotatable bonds is 9. The predicted molar refractivity (Wildman–Crippen MR) is 118 cm³/mol. The van der Waals surface area contributed by atoms with E-state index in [2.05, 4.69) is 29.4 Å². The van der Waals surface area contributed by atoms with Gasteiger partial charge in [0.05, 0.1) is 28.1 Å². The molecule has 1 fully saturated rings. The van der Waals surface area contributed by atoms with Crippen molar-refractivity contribution >= 4 is 51.3 Å². The standard InChI is InChI=1S/C14H13BrClNO7.C6H13N/c15-23-13(14(20)21)12(24-16)11(9(19)6-18)22-10-5-7-3-1-2-4-8(7)17-10;7-6-4-2-1-3-5-6/h1-6,9,11-13,17,19H,(H,20,21);6H,1-5,7H2/t9-,11+,12-,13-;/m0./s1. The van der Waals surface area contributed by atoms with Crippen LogP contribution in [0.5, 0.6) is 5.88 Å². The summed E-state index contributed by atoms with van der Waals surface area (Å²) in [6.45, 7) is 0. The van der Waals surface area contributed by atoms with Crippen LogP contribution in [0.4, 0.5) is 0 Å². The predicted octanol–water partition coefficient (Wildman–Crippen LogP) is 3.07. The molecule has 0 unspecified atom stereocenters. The number of aldehydes is 1. The molecule has 1 aliphatic rings. The molecule has 3 rings (SSSR count). The molecule has 2 aromatic rings. The largest absolute Gasteiger partial charge is 0.479 e. The van der Waals surface area contributed by atoms with E-state index in [0.29, 0.717) is 6.04 Å². The SMILES string of the molecule is NC1CCCCC1.O=C[C@H](O)[C@@H](Oc1cc2ccccc2[nH]1)[C@H](OCl)[C@H](OBr)C(=O)O. The number of hydrogen-bond acceptors (Lipinski definition) is 7. The van der Waals surface area contributed by atoms with Crippen molar-refractivity contribution in [2.75, 3.05) is 0 Å². The van der Waals surface area contributed by atoms with Gasteiger partial charge in [0.2, 0.25) is 6.10 Å². The lowest BCUT2D eigenvalue weighted by atomic mass is 9.97. The van der Waals surface area contributed by atoms with Gasteiger partial charge >= 0.3 is 5.97 Å². The van der Waals surface area contributed by atoms with Crippen molar-refractivity contribution < 1.29 is 32.7 Å². The van der Waals surface area contributed by atoms with Crippen LogP contribution >= 0.6 is 28.1 Å². The second-order valence-electron chi connectivity index (χ2n) is 7.23. The molecule has 172 valence electrons. The van der Waals surface area contributed by atoms with Gasteiger partial charge in [-0.15, -0.1) is 0 Å². The number of nitrogens with one attached hydrogen (secondary N) is 1. The lowest BCUT2D eigenvalue weighted by Crippen LogP contribution is -2.51. The Morgan fingerprint density at radius 2 is 1.94 bits per heavy atom. The molecular weight excluding hydrogens is 496 g/mol. The molecule has 9 nitrogen and oxygen atoms in total. The number of aliphatic hydroxyl groups is 1. The quantitative estimate of drug-likeness (QED) is 0.369. The summed E-state index contributed by atoms with van der Waals surface area (Å²) in [6.07, 6.45) is 0.581. The number of halogens is 2. The molecule has 0 amide bonds. The molecule has 4 atom stereocenters. The minimum Gasteiger partial charge on any atom is -0.479 e. The molecule has 1 heterocycles. The lowest BCUT2D eigenvalue weighted by Gasteiger charge is -2.28. The monoisotopic (exact) mass is 520 g/mol. The number of fused-ring (bicyclic) bond motifs is 1. The minimum atomic E-state index is -1.70. The first-order valence-corrected chi connectivity index (χ1v) is 10.8. The van der Waals surface area contributed by atoms with Crippen molar-refractivity contribution in [1.82, 2.24) is 4.98 Å². The maximum Gasteiger partial charge on any atom is 0.337 e. The number of carboxylic acids is 1. The highest BCUT2D eigenvalue weighted by atomic mass is 79.9. The van der Waals surface area contributed by atoms with Gasteiger partial charge in [0.25, 0.3) is 0 Å². The zero-order chi connectivity index (χ0) is 22.8. The van der Waals surface area contributed by atoms with E-state index in [9.17, 15) is 14.7 Å². The summed E-state index contributed by atoms with van der Waals surface area (Å²) in [5.41, 5.74) is 6.39. The fraction of sp³-hybridized carbons (Fsp3) is 0.500. The van der Waals surface area contributed by atoms with Crippen LogP contribution < -0.4 is 10.5 Å². The summed E-state index contributed by atoms with van der Waals surface area (Å²) >= 11 is 7.90. The summed E-state index contributed by atoms with van der Waals surface area (Å²) in [5, 5.41) is 19.8. The maximum absolute atomic E-state index is 11.2. The van der Waals surface area contributed by atoms with Gasteiger partial charge in [-0.1, -0.05) is 37.5 Å². The van der Waals surface area contributed by atoms with Gasteiger partial charge in [-0.3, -0.25) is 8.12 Å². The number of nitrogens with two attached hydrogens (primary N) is 1. The second kappa shape index (κ2) is 13.0. The minimum absolute atomic E-state index is 0.184. The number of carbonyl (C=O) groups is 2. The average Bonchev–Trinajstić information content (AvgIpc) is 3.19. The summed E-state index contributed by atoms with van der Waals surface area (Å²) < 4.78 is 14.7. The first-order chi connectivity index (χ1) is 14.9. The van der Waals surface area contributed by atoms with Crippen molar-refractivity contribution in [3.63, 3.8) is 0 Å². The number of hydrogen-bond donors (Lipinski definition) is 4. The molecule has 1 aliphatic carbocycles. The van der Waals surface area contributed by atoms with Crippen LogP contribution in [-0.4, -0.2) is 57.9 Å². The van der Waals surface area contributed by atoms with Crippen molar-refractivity contribution in [3.8, 4) is 5.88 Å². The number of aromatic nitrogens is 1. The van der Waals surface area contributed by atoms with Gasteiger partial charge in [-0.05, 0) is 18.9 Å². The van der Waals surface area contributed by atoms with Gasteiger partial charge in [0.15, 0.2) is 24.4 Å². The van der Waals surface area contributed by atoms with Crippen molar-refractivity contribution in [2.24, 2.45) is 5.73 Å². The van der Waals surface area contributed by atoms with Crippen LogP contribution in [0.2, 0.25) is 0 Å². The Balaban J connectivity index is 0.000000412. The number of para-hydroxylation sites is 1. The van der Waals surface area contributed by atoms with Crippen molar-refractivity contribution in [3.05, 3.63) is 30.3 Å². The number of carbonyl (C=O) groups excluding carboxylic acids is 1. The Labute approximate surface area is 193 Å². The summed E-state index contributed by atoms with van der Waals surface area (Å²) in [7, 11) is 0. The van der Waals surface area contributed by atoms with Crippen LogP contribution in [0.1, 0.15) is 32.1 Å². The molecule has 11 heteroatoms. The summed E-state index contributed by atoms with van der Waals surface area (Å²) in [5.74, 6) is -1.24. The Bertz CT molecular complexity index is 798. The first kappa shape index (κ1) is 25.6. The van der Waals surface area contributed by atoms with Gasteiger partial charge in [0, 0.05) is 23.0 Å². The molecule has 0 bridgehead atoms. The average molecular weight is 522 g/mol. The molecule has 1 aromatic carbocycles. The summed E-state index contributed by atoms with van der Waals surface area (Å²) in [4.78, 5) is 25.1. The second-order valence-corrected chi connectivity index (χ2v) is 7.78. The molecule has 0 aliphatic heterocycles. The van der Waals surface area contributed by atoms with Crippen LogP contribution in [0, 0.1) is 0 Å². The van der Waals surface area contributed by atoms with Crippen molar-refractivity contribution in [1.29, 1.82) is 0 Å². The van der Waals surface area contributed by atoms with E-state index in [-0.39, 0.29) is 12.2 Å². The van der Waals surface area contributed by atoms with Crippen LogP contribution in [0.25, 0.3) is 10.9 Å². The third kappa shape index (κ3) is 7.44. The Kier molecular flexibility index (Phi) is 10.7. The highest BCUT2D eigenvalue weighted by Crippen LogP contribution is 2.25. The zero-order valence-electron chi connectivity index (χ0n) is 16.7. The number of aliphatic hydroxyl groups excluding tert-OH is 1. The van der Waals surface area contributed by atoms with Gasteiger partial charge < -0.3 is 30.5 Å². The van der Waals surface area contributed by atoms with Gasteiger partial charge in [-0.25, -0.2) is 4.79 Å². The Morgan fingerprint density at radius 1 is 1.26 bits per heavy atom. The van der Waals surface area contributed by atoms with Crippen LogP contribution in [0.3, 0.4) is 0 Å². The number of aliphatic carboxylic acids is 1. The van der Waals surface area contributed by atoms with E-state index >= 15 is 0 Å². The van der Waals surface area contributed by atoms with E-state index in [0.717, 1.165) is 10.9 Å². The van der Waals surface area contributed by atoms with Crippen LogP contribution in [0.15, 0.2) is 30.3 Å². The van der Waals surface area contributed by atoms with E-state index in [4.69, 9.17) is 27.4 Å². The molecule has 5 N–H and O–H groups in total. The molecular formula is C20H26BrClN2O7. The Hall–Kier alpha value is -1.69. The third-order valence-electron chi connectivity index (χ3n) is 4.96. The number of ether oxygens (including phenoxy) is 1. The fourth-order valence-electron chi connectivity index (χ4n) is 3.30. The normalized spacial score (nSPS) is 18.3. The lowest BCUT2D eigenvalue weighted by molar-refractivity contribution is -0.154. The van der Waals surface area contributed by atoms with Crippen molar-refractivity contribution in [2.45, 2.75) is 62.6 Å². The topological polar surface area (TPSA) is 144 Å². The smallest absolute Gasteiger partial charge is 0.337 e. The zero-order valence-corrected chi connectivity index (χ0v) is 19.0. The molecule has 1 aromatic heterocycles. The van der Waals surface area contributed by atoms with Gasteiger partial charge in [0.1, 0.15) is 6.10 Å². The van der Waals surface area contributed by atoms with E-state index in [1.807, 2.05) is 18.2 Å². The fourth-order valence-corrected chi connectivity index (χ4v) is 3.87. The van der Waals surface area contributed by atoms with Gasteiger partial charge in [-0.2, -0.15) is 0 Å². The highest BCUT2D eigenvalue weighted by molar-refractivity contribution is 9.06. The van der Waals surface area contributed by atoms with E-state index in [1.54, 1.807) is 12.1 Å². The first-order valence-electron chi connectivity index (χ1n) is 9.82. The Morgan fingerprint density at radius 3 is 2.42 bits per heavy atom. The number of H-pyrrole nitrogens is 1. The number of carboxylic acid groups (broad SMARTS) is 1. The maximum atomic E-state index is 11.2. The number of aromatic amines is 1. The molecule has 0 saturated heterocycles. The molecule has 31 heavy (non-hydrogen) atoms. The molecule has 0 spiro atoms. The molecule has 1 saturated carbocycles. The van der Waals surface area contributed by atoms with E-state index in [1.165, 1.54) is 32.1 Å². The number of benzene rings is 1. The third-order valence-corrected chi connectivity index (χ3v) is 5.57. The van der Waals surface area contributed by atoms with E-state index < -0.39 is 30.4 Å². The summed E-state index contributed by atoms with van der Waals surface area (Å²) in [6, 6.07) is 9.40.